The predicted octanol–water partition coefficient (Wildman–Crippen LogP) is 7.92. The lowest BCUT2D eigenvalue weighted by Gasteiger charge is -2.36. The number of piperidine rings is 2. The maximum Gasteiger partial charge on any atom is 0.227 e. The van der Waals surface area contributed by atoms with Gasteiger partial charge in [0.25, 0.3) is 0 Å². The summed E-state index contributed by atoms with van der Waals surface area (Å²) in [7, 11) is 0. The van der Waals surface area contributed by atoms with E-state index in [1.165, 1.54) is 11.1 Å². The van der Waals surface area contributed by atoms with Gasteiger partial charge in [0, 0.05) is 43.4 Å². The van der Waals surface area contributed by atoms with E-state index in [-0.39, 0.29) is 42.5 Å². The first-order valence-corrected chi connectivity index (χ1v) is 14.6. The highest BCUT2D eigenvalue weighted by Crippen LogP contribution is 2.35. The molecule has 10 heteroatoms. The fourth-order valence-electron chi connectivity index (χ4n) is 6.03. The van der Waals surface area contributed by atoms with Gasteiger partial charge in [0.2, 0.25) is 5.91 Å². The average molecular weight is 639 g/mol. The molecule has 0 bridgehead atoms. The van der Waals surface area contributed by atoms with Crippen molar-refractivity contribution in [1.82, 2.24) is 10.2 Å². The van der Waals surface area contributed by atoms with Crippen LogP contribution in [0.5, 0.6) is 11.5 Å². The second-order valence-corrected chi connectivity index (χ2v) is 11.2. The minimum atomic E-state index is -1.25. The third kappa shape index (κ3) is 8.44. The number of hydrogen-bond donors (Lipinski definition) is 1. The van der Waals surface area contributed by atoms with Gasteiger partial charge in [-0.25, -0.2) is 13.2 Å². The van der Waals surface area contributed by atoms with Gasteiger partial charge in [-0.2, -0.15) is 0 Å². The summed E-state index contributed by atoms with van der Waals surface area (Å²) in [6.07, 6.45) is 4.67. The number of carbonyl (C=O) groups excluding carboxylic acids is 1. The molecule has 3 aromatic carbocycles. The summed E-state index contributed by atoms with van der Waals surface area (Å²) in [5.41, 5.74) is 4.71. The maximum absolute atomic E-state index is 13.9. The molecule has 2 saturated heterocycles. The minimum absolute atomic E-state index is 0. The zero-order valence-electron chi connectivity index (χ0n) is 24.6. The standard InChI is InChI=1S/C33H38F3N3O2.2ClH/c1-3-33(40)39(26-5-4-14-37-20-26)25-9-6-22(2)28(17-25)24-12-15-38(16-13-24)21-23-7-10-27(11-8-23)41-32-19-30(35)29(34)18-31(32)36;;/h6-11,17-19,24,26,37H,3-5,12-16,20-21H2,1-2H3;2*1H. The summed E-state index contributed by atoms with van der Waals surface area (Å²) in [5.74, 6) is -2.74. The second-order valence-electron chi connectivity index (χ2n) is 11.2. The third-order valence-electron chi connectivity index (χ3n) is 8.31. The topological polar surface area (TPSA) is 44.8 Å². The first-order valence-electron chi connectivity index (χ1n) is 14.6. The molecule has 2 aliphatic rings. The van der Waals surface area contributed by atoms with Crippen molar-refractivity contribution in [2.45, 2.75) is 64.5 Å². The Kier molecular flexibility index (Phi) is 12.8. The van der Waals surface area contributed by atoms with Gasteiger partial charge in [-0.1, -0.05) is 25.1 Å². The Morgan fingerprint density at radius 3 is 2.30 bits per heavy atom. The first kappa shape index (κ1) is 34.7. The van der Waals surface area contributed by atoms with Crippen LogP contribution in [0.4, 0.5) is 18.9 Å². The fraction of sp³-hybridized carbons (Fsp3) is 0.424. The average Bonchev–Trinajstić information content (AvgIpc) is 2.99. The number of likely N-dealkylation sites (tertiary alicyclic amines) is 1. The van der Waals surface area contributed by atoms with Crippen LogP contribution in [0, 0.1) is 24.4 Å². The number of carbonyl (C=O) groups is 1. The van der Waals surface area contributed by atoms with E-state index in [1.54, 1.807) is 12.1 Å². The molecule has 2 aliphatic heterocycles. The molecule has 1 unspecified atom stereocenters. The Hall–Kier alpha value is -2.78. The van der Waals surface area contributed by atoms with Gasteiger partial charge in [-0.15, -0.1) is 24.8 Å². The van der Waals surface area contributed by atoms with Crippen molar-refractivity contribution in [3.63, 3.8) is 0 Å². The number of nitrogens with zero attached hydrogens (tertiary/aromatic N) is 2. The molecule has 5 nitrogen and oxygen atoms in total. The second kappa shape index (κ2) is 15.8. The van der Waals surface area contributed by atoms with E-state index >= 15 is 0 Å². The van der Waals surface area contributed by atoms with E-state index in [0.717, 1.165) is 69.7 Å². The van der Waals surface area contributed by atoms with Gasteiger partial charge in [0.05, 0.1) is 0 Å². The largest absolute Gasteiger partial charge is 0.454 e. The van der Waals surface area contributed by atoms with Crippen LogP contribution < -0.4 is 15.0 Å². The Morgan fingerprint density at radius 2 is 1.65 bits per heavy atom. The number of rotatable bonds is 8. The predicted molar refractivity (Wildman–Crippen MR) is 169 cm³/mol. The van der Waals surface area contributed by atoms with Crippen molar-refractivity contribution in [1.29, 1.82) is 0 Å². The van der Waals surface area contributed by atoms with Crippen LogP contribution in [0.2, 0.25) is 0 Å². The molecule has 0 spiro atoms. The lowest BCUT2D eigenvalue weighted by atomic mass is 9.86. The number of benzene rings is 3. The Bertz CT molecular complexity index is 1360. The number of hydrogen-bond acceptors (Lipinski definition) is 4. The zero-order chi connectivity index (χ0) is 28.9. The van der Waals surface area contributed by atoms with Gasteiger partial charge in [0.1, 0.15) is 5.75 Å². The van der Waals surface area contributed by atoms with E-state index < -0.39 is 17.5 Å². The van der Waals surface area contributed by atoms with Gasteiger partial charge < -0.3 is 15.0 Å². The van der Waals surface area contributed by atoms with Gasteiger partial charge in [-0.3, -0.25) is 9.69 Å². The SMILES string of the molecule is CCC(=O)N(c1ccc(C)c(C2CCN(Cc3ccc(Oc4cc(F)c(F)cc4F)cc3)CC2)c1)C1CCCNC1.Cl.Cl. The molecule has 43 heavy (non-hydrogen) atoms. The molecule has 0 radical (unpaired) electrons. The molecular formula is C33H40Cl2F3N3O2. The summed E-state index contributed by atoms with van der Waals surface area (Å²) < 4.78 is 46.0. The molecule has 3 aromatic rings. The smallest absolute Gasteiger partial charge is 0.227 e. The van der Waals surface area contributed by atoms with Crippen LogP contribution in [0.25, 0.3) is 0 Å². The highest BCUT2D eigenvalue weighted by molar-refractivity contribution is 5.94. The molecule has 1 atom stereocenters. The van der Waals surface area contributed by atoms with E-state index in [2.05, 4.69) is 35.3 Å². The molecule has 0 saturated carbocycles. The van der Waals surface area contributed by atoms with Crippen LogP contribution in [-0.4, -0.2) is 43.0 Å². The van der Waals surface area contributed by atoms with Crippen molar-refractivity contribution < 1.29 is 22.7 Å². The molecule has 1 amide bonds. The minimum Gasteiger partial charge on any atom is -0.454 e. The van der Waals surface area contributed by atoms with Crippen molar-refractivity contribution in [2.24, 2.45) is 0 Å². The number of anilines is 1. The summed E-state index contributed by atoms with van der Waals surface area (Å²) >= 11 is 0. The molecular weight excluding hydrogens is 598 g/mol. The zero-order valence-corrected chi connectivity index (χ0v) is 26.2. The number of ether oxygens (including phenoxy) is 1. The molecule has 234 valence electrons. The molecule has 0 aromatic heterocycles. The van der Waals surface area contributed by atoms with Gasteiger partial charge in [-0.05, 0) is 99.1 Å². The van der Waals surface area contributed by atoms with Crippen LogP contribution in [-0.2, 0) is 11.3 Å². The normalized spacial score (nSPS) is 17.5. The fourth-order valence-corrected chi connectivity index (χ4v) is 6.03. The van der Waals surface area contributed by atoms with E-state index in [0.29, 0.717) is 30.2 Å². The first-order chi connectivity index (χ1) is 19.8. The summed E-state index contributed by atoms with van der Waals surface area (Å²) in [6.45, 7) is 8.63. The summed E-state index contributed by atoms with van der Waals surface area (Å²) in [4.78, 5) is 17.4. The van der Waals surface area contributed by atoms with Gasteiger partial charge >= 0.3 is 0 Å². The van der Waals surface area contributed by atoms with Crippen LogP contribution in [0.1, 0.15) is 61.6 Å². The van der Waals surface area contributed by atoms with E-state index in [4.69, 9.17) is 4.74 Å². The van der Waals surface area contributed by atoms with Crippen LogP contribution >= 0.6 is 24.8 Å². The number of halogens is 5. The molecule has 2 fully saturated rings. The number of nitrogens with one attached hydrogen (secondary N) is 1. The number of amides is 1. The highest BCUT2D eigenvalue weighted by Gasteiger charge is 2.28. The van der Waals surface area contributed by atoms with E-state index in [1.807, 2.05) is 24.0 Å². The molecule has 1 N–H and O–H groups in total. The lowest BCUT2D eigenvalue weighted by Crippen LogP contribution is -2.49. The van der Waals surface area contributed by atoms with Crippen LogP contribution in [0.15, 0.2) is 54.6 Å². The Labute approximate surface area is 264 Å². The summed E-state index contributed by atoms with van der Waals surface area (Å²) in [5, 5.41) is 3.45. The lowest BCUT2D eigenvalue weighted by molar-refractivity contribution is -0.118. The third-order valence-corrected chi connectivity index (χ3v) is 8.31. The number of aryl methyl sites for hydroxylation is 1. The van der Waals surface area contributed by atoms with Crippen molar-refractivity contribution in [2.75, 3.05) is 31.1 Å². The highest BCUT2D eigenvalue weighted by atomic mass is 35.5. The quantitative estimate of drug-likeness (QED) is 0.255. The molecule has 0 aliphatic carbocycles. The molecule has 5 rings (SSSR count). The maximum atomic E-state index is 13.9. The summed E-state index contributed by atoms with van der Waals surface area (Å²) in [6, 6.07) is 15.2. The Morgan fingerprint density at radius 1 is 0.953 bits per heavy atom. The monoisotopic (exact) mass is 637 g/mol. The Balaban J connectivity index is 0.00000253. The van der Waals surface area contributed by atoms with Crippen molar-refractivity contribution in [3.8, 4) is 11.5 Å². The van der Waals surface area contributed by atoms with E-state index in [9.17, 15) is 18.0 Å². The van der Waals surface area contributed by atoms with Crippen molar-refractivity contribution in [3.05, 3.63) is 88.7 Å². The van der Waals surface area contributed by atoms with Crippen molar-refractivity contribution >= 4 is 36.4 Å². The van der Waals surface area contributed by atoms with Gasteiger partial charge in [0.15, 0.2) is 23.2 Å². The van der Waals surface area contributed by atoms with Crippen LogP contribution in [0.3, 0.4) is 0 Å². The molecule has 2 heterocycles.